The second-order valence-electron chi connectivity index (χ2n) is 9.10. The van der Waals surface area contributed by atoms with E-state index in [0.29, 0.717) is 18.4 Å². The summed E-state index contributed by atoms with van der Waals surface area (Å²) in [6, 6.07) is 0. The minimum absolute atomic E-state index is 0.0192. The van der Waals surface area contributed by atoms with Gasteiger partial charge in [-0.1, -0.05) is 98.3 Å². The number of esters is 1. The minimum Gasteiger partial charge on any atom is -0.481 e. The molecule has 4 heteroatoms. The molecule has 0 saturated heterocycles. The summed E-state index contributed by atoms with van der Waals surface area (Å²) in [6.07, 6.45) is 16.4. The predicted molar refractivity (Wildman–Crippen MR) is 126 cm³/mol. The molecule has 0 aromatic heterocycles. The van der Waals surface area contributed by atoms with E-state index in [-0.39, 0.29) is 18.3 Å². The summed E-state index contributed by atoms with van der Waals surface area (Å²) < 4.78 is 5.82. The van der Waals surface area contributed by atoms with E-state index in [1.165, 1.54) is 32.1 Å². The van der Waals surface area contributed by atoms with Gasteiger partial charge in [-0.3, -0.25) is 9.59 Å². The van der Waals surface area contributed by atoms with Crippen LogP contribution in [0.4, 0.5) is 0 Å². The number of aliphatic carboxylic acids is 1. The highest BCUT2D eigenvalue weighted by Gasteiger charge is 2.24. The molecule has 0 aliphatic rings. The number of carbonyl (C=O) groups is 2. The lowest BCUT2D eigenvalue weighted by Crippen LogP contribution is -2.23. The molecule has 0 amide bonds. The van der Waals surface area contributed by atoms with Crippen molar-refractivity contribution in [2.75, 3.05) is 6.61 Å². The SMILES string of the molecule is CCCCC(CC)COC(=O)C(CCCCCCCC(=O)O)CC(CC)CCCC. The first kappa shape index (κ1) is 28.9. The number of hydrogen-bond acceptors (Lipinski definition) is 3. The molecule has 178 valence electrons. The van der Waals surface area contributed by atoms with Crippen molar-refractivity contribution in [2.24, 2.45) is 17.8 Å². The quantitative estimate of drug-likeness (QED) is 0.150. The molecule has 30 heavy (non-hydrogen) atoms. The average molecular weight is 427 g/mol. The van der Waals surface area contributed by atoms with E-state index in [4.69, 9.17) is 9.84 Å². The summed E-state index contributed by atoms with van der Waals surface area (Å²) in [6.45, 7) is 9.44. The molecule has 0 rings (SSSR count). The highest BCUT2D eigenvalue weighted by atomic mass is 16.5. The van der Waals surface area contributed by atoms with Crippen molar-refractivity contribution in [3.63, 3.8) is 0 Å². The smallest absolute Gasteiger partial charge is 0.308 e. The van der Waals surface area contributed by atoms with Crippen molar-refractivity contribution in [3.05, 3.63) is 0 Å². The van der Waals surface area contributed by atoms with Crippen LogP contribution < -0.4 is 0 Å². The number of carboxylic acid groups (broad SMARTS) is 1. The summed E-state index contributed by atoms with van der Waals surface area (Å²) in [5.74, 6) is 0.436. The van der Waals surface area contributed by atoms with Crippen molar-refractivity contribution in [1.82, 2.24) is 0 Å². The van der Waals surface area contributed by atoms with Crippen molar-refractivity contribution in [1.29, 1.82) is 0 Å². The van der Waals surface area contributed by atoms with Crippen molar-refractivity contribution in [2.45, 2.75) is 130 Å². The maximum absolute atomic E-state index is 12.9. The van der Waals surface area contributed by atoms with Gasteiger partial charge in [0, 0.05) is 6.42 Å². The van der Waals surface area contributed by atoms with Crippen LogP contribution in [0.25, 0.3) is 0 Å². The number of carbonyl (C=O) groups excluding carboxylic acids is 1. The normalized spacial score (nSPS) is 14.3. The Morgan fingerprint density at radius 2 is 1.30 bits per heavy atom. The monoisotopic (exact) mass is 426 g/mol. The Labute approximate surface area is 186 Å². The number of ether oxygens (including phenoxy) is 1. The minimum atomic E-state index is -0.709. The van der Waals surface area contributed by atoms with Gasteiger partial charge in [0.2, 0.25) is 0 Å². The van der Waals surface area contributed by atoms with Gasteiger partial charge in [0.15, 0.2) is 0 Å². The average Bonchev–Trinajstić information content (AvgIpc) is 2.74. The molecular formula is C26H50O4. The first-order valence-corrected chi connectivity index (χ1v) is 12.9. The topological polar surface area (TPSA) is 63.6 Å². The van der Waals surface area contributed by atoms with Gasteiger partial charge in [0.05, 0.1) is 12.5 Å². The molecular weight excluding hydrogens is 376 g/mol. The van der Waals surface area contributed by atoms with E-state index in [2.05, 4.69) is 27.7 Å². The molecule has 0 aromatic carbocycles. The Kier molecular flexibility index (Phi) is 19.2. The molecule has 0 radical (unpaired) electrons. The maximum atomic E-state index is 12.9. The van der Waals surface area contributed by atoms with Gasteiger partial charge in [0.25, 0.3) is 0 Å². The lowest BCUT2D eigenvalue weighted by atomic mass is 9.86. The fraction of sp³-hybridized carbons (Fsp3) is 0.923. The summed E-state index contributed by atoms with van der Waals surface area (Å²) in [5.41, 5.74) is 0. The summed E-state index contributed by atoms with van der Waals surface area (Å²) in [7, 11) is 0. The van der Waals surface area contributed by atoms with Crippen LogP contribution in [0, 0.1) is 17.8 Å². The molecule has 0 fully saturated rings. The zero-order valence-electron chi connectivity index (χ0n) is 20.4. The van der Waals surface area contributed by atoms with Crippen LogP contribution in [0.15, 0.2) is 0 Å². The van der Waals surface area contributed by atoms with Crippen LogP contribution in [0.5, 0.6) is 0 Å². The van der Waals surface area contributed by atoms with Gasteiger partial charge in [-0.05, 0) is 37.5 Å². The summed E-state index contributed by atoms with van der Waals surface area (Å²) >= 11 is 0. The summed E-state index contributed by atoms with van der Waals surface area (Å²) in [4.78, 5) is 23.5. The fourth-order valence-corrected chi connectivity index (χ4v) is 4.13. The highest BCUT2D eigenvalue weighted by Crippen LogP contribution is 2.27. The molecule has 0 aromatic rings. The third-order valence-electron chi connectivity index (χ3n) is 6.44. The van der Waals surface area contributed by atoms with Gasteiger partial charge in [-0.15, -0.1) is 0 Å². The van der Waals surface area contributed by atoms with E-state index >= 15 is 0 Å². The predicted octanol–water partition coefficient (Wildman–Crippen LogP) is 7.78. The van der Waals surface area contributed by atoms with Crippen molar-refractivity contribution < 1.29 is 19.4 Å². The Morgan fingerprint density at radius 1 is 0.733 bits per heavy atom. The van der Waals surface area contributed by atoms with E-state index in [1.54, 1.807) is 0 Å². The lowest BCUT2D eigenvalue weighted by molar-refractivity contribution is -0.151. The van der Waals surface area contributed by atoms with Gasteiger partial charge < -0.3 is 9.84 Å². The van der Waals surface area contributed by atoms with Crippen LogP contribution in [0.3, 0.4) is 0 Å². The maximum Gasteiger partial charge on any atom is 0.308 e. The first-order valence-electron chi connectivity index (χ1n) is 12.9. The lowest BCUT2D eigenvalue weighted by Gasteiger charge is -2.23. The fourth-order valence-electron chi connectivity index (χ4n) is 4.13. The van der Waals surface area contributed by atoms with Crippen LogP contribution >= 0.6 is 0 Å². The molecule has 3 unspecified atom stereocenters. The molecule has 0 aliphatic heterocycles. The number of hydrogen-bond donors (Lipinski definition) is 1. The largest absolute Gasteiger partial charge is 0.481 e. The van der Waals surface area contributed by atoms with Crippen molar-refractivity contribution >= 4 is 11.9 Å². The van der Waals surface area contributed by atoms with Gasteiger partial charge >= 0.3 is 11.9 Å². The second kappa shape index (κ2) is 19.9. The second-order valence-corrected chi connectivity index (χ2v) is 9.10. The van der Waals surface area contributed by atoms with E-state index in [9.17, 15) is 9.59 Å². The van der Waals surface area contributed by atoms with Gasteiger partial charge in [-0.2, -0.15) is 0 Å². The molecule has 4 nitrogen and oxygen atoms in total. The number of rotatable bonds is 21. The highest BCUT2D eigenvalue weighted by molar-refractivity contribution is 5.72. The van der Waals surface area contributed by atoms with Gasteiger partial charge in [-0.25, -0.2) is 0 Å². The summed E-state index contributed by atoms with van der Waals surface area (Å²) in [5, 5.41) is 8.72. The van der Waals surface area contributed by atoms with Crippen LogP contribution in [-0.2, 0) is 14.3 Å². The number of unbranched alkanes of at least 4 members (excludes halogenated alkanes) is 6. The Morgan fingerprint density at radius 3 is 1.87 bits per heavy atom. The number of carboxylic acids is 1. The van der Waals surface area contributed by atoms with E-state index < -0.39 is 5.97 Å². The van der Waals surface area contributed by atoms with E-state index in [1.807, 2.05) is 0 Å². The Balaban J connectivity index is 4.56. The van der Waals surface area contributed by atoms with E-state index in [0.717, 1.165) is 64.2 Å². The molecule has 0 bridgehead atoms. The molecule has 3 atom stereocenters. The molecule has 0 aliphatic carbocycles. The molecule has 0 spiro atoms. The van der Waals surface area contributed by atoms with Gasteiger partial charge in [0.1, 0.15) is 0 Å². The molecule has 1 N–H and O–H groups in total. The zero-order valence-corrected chi connectivity index (χ0v) is 20.4. The van der Waals surface area contributed by atoms with Crippen LogP contribution in [0.2, 0.25) is 0 Å². The Hall–Kier alpha value is -1.06. The third-order valence-corrected chi connectivity index (χ3v) is 6.44. The van der Waals surface area contributed by atoms with Crippen LogP contribution in [0.1, 0.15) is 130 Å². The zero-order chi connectivity index (χ0) is 22.6. The third kappa shape index (κ3) is 15.7. The first-order chi connectivity index (χ1) is 14.5. The van der Waals surface area contributed by atoms with Crippen LogP contribution in [-0.4, -0.2) is 23.7 Å². The standard InChI is InChI=1S/C26H50O4/c1-5-9-16-22(7-3)20-24(18-14-12-11-13-15-19-25(27)28)26(29)30-21-23(8-4)17-10-6-2/h22-24H,5-21H2,1-4H3,(H,27,28). The molecule has 0 saturated carbocycles. The Bertz CT molecular complexity index is 421. The molecule has 0 heterocycles. The van der Waals surface area contributed by atoms with Crippen molar-refractivity contribution in [3.8, 4) is 0 Å².